The van der Waals surface area contributed by atoms with Gasteiger partial charge in [0.05, 0.1) is 11.2 Å². The highest BCUT2D eigenvalue weighted by Crippen LogP contribution is 2.22. The number of hydrogen-bond donors (Lipinski definition) is 2. The molecule has 2 N–H and O–H groups in total. The van der Waals surface area contributed by atoms with Crippen LogP contribution in [0.4, 0.5) is 11.4 Å². The maximum Gasteiger partial charge on any atom is 0.228 e. The molecule has 0 saturated carbocycles. The lowest BCUT2D eigenvalue weighted by Gasteiger charge is -2.32. The van der Waals surface area contributed by atoms with E-state index in [0.717, 1.165) is 33.6 Å². The monoisotopic (exact) mass is 339 g/mol. The number of aryl methyl sites for hydroxylation is 4. The summed E-state index contributed by atoms with van der Waals surface area (Å²) in [5.74, 6) is 0.405. The van der Waals surface area contributed by atoms with Gasteiger partial charge in [-0.25, -0.2) is 10.1 Å². The molecule has 0 heterocycles. The Balaban J connectivity index is 2.47. The van der Waals surface area contributed by atoms with E-state index in [2.05, 4.69) is 36.3 Å². The van der Waals surface area contributed by atoms with Crippen LogP contribution in [-0.4, -0.2) is 21.8 Å². The van der Waals surface area contributed by atoms with Crippen LogP contribution >= 0.6 is 0 Å². The Kier molecular flexibility index (Phi) is 5.53. The van der Waals surface area contributed by atoms with Gasteiger partial charge in [-0.1, -0.05) is 12.1 Å². The first-order valence-corrected chi connectivity index (χ1v) is 8.56. The molecule has 2 aromatic carbocycles. The number of nitrogens with one attached hydrogen (secondary N) is 1. The van der Waals surface area contributed by atoms with E-state index in [0.29, 0.717) is 5.96 Å². The Labute approximate surface area is 151 Å². The average Bonchev–Trinajstić information content (AvgIpc) is 2.42. The Hall–Kier alpha value is -2.33. The fourth-order valence-electron chi connectivity index (χ4n) is 2.76. The lowest BCUT2D eigenvalue weighted by Crippen LogP contribution is -2.46. The van der Waals surface area contributed by atoms with Crippen molar-refractivity contribution in [2.75, 3.05) is 5.32 Å². The highest BCUT2D eigenvalue weighted by atomic mass is 16.5. The highest BCUT2D eigenvalue weighted by molar-refractivity contribution is 5.95. The molecule has 4 heteroatoms. The zero-order valence-electron chi connectivity index (χ0n) is 16.3. The molecule has 0 aliphatic carbocycles. The zero-order chi connectivity index (χ0) is 18.8. The molecule has 0 amide bonds. The molecule has 0 atom stereocenters. The molecule has 0 aliphatic heterocycles. The fraction of sp³-hybridized carbons (Fsp3) is 0.381. The van der Waals surface area contributed by atoms with Crippen molar-refractivity contribution in [2.45, 2.75) is 54.0 Å². The van der Waals surface area contributed by atoms with Gasteiger partial charge in [-0.15, -0.1) is 0 Å². The van der Waals surface area contributed by atoms with E-state index in [4.69, 9.17) is 0 Å². The molecule has 0 aromatic heterocycles. The van der Waals surface area contributed by atoms with Gasteiger partial charge >= 0.3 is 0 Å². The number of benzene rings is 2. The third-order valence-electron chi connectivity index (χ3n) is 3.76. The average molecular weight is 339 g/mol. The molecule has 0 bridgehead atoms. The molecule has 0 unspecified atom stereocenters. The molecular weight excluding hydrogens is 310 g/mol. The normalized spacial score (nSPS) is 12.2. The maximum absolute atomic E-state index is 10.7. The smallest absolute Gasteiger partial charge is 0.228 e. The fourth-order valence-corrected chi connectivity index (χ4v) is 2.76. The first kappa shape index (κ1) is 19.0. The van der Waals surface area contributed by atoms with Crippen molar-refractivity contribution in [2.24, 2.45) is 4.99 Å². The topological polar surface area (TPSA) is 47.9 Å². The highest BCUT2D eigenvalue weighted by Gasteiger charge is 2.24. The lowest BCUT2D eigenvalue weighted by atomic mass is 10.1. The Morgan fingerprint density at radius 1 is 0.840 bits per heavy atom. The van der Waals surface area contributed by atoms with Crippen LogP contribution < -0.4 is 5.32 Å². The van der Waals surface area contributed by atoms with Crippen LogP contribution in [0.3, 0.4) is 0 Å². The summed E-state index contributed by atoms with van der Waals surface area (Å²) in [4.78, 5) is 4.68. The van der Waals surface area contributed by atoms with E-state index < -0.39 is 5.54 Å². The minimum Gasteiger partial charge on any atom is -0.324 e. The summed E-state index contributed by atoms with van der Waals surface area (Å²) >= 11 is 0. The second-order valence-corrected chi connectivity index (χ2v) is 7.77. The number of hydrogen-bond acceptors (Lipinski definition) is 2. The van der Waals surface area contributed by atoms with E-state index in [1.165, 1.54) is 5.06 Å². The Morgan fingerprint density at radius 3 is 1.72 bits per heavy atom. The summed E-state index contributed by atoms with van der Waals surface area (Å²) in [6.45, 7) is 14.0. The van der Waals surface area contributed by atoms with Gasteiger partial charge in [-0.3, -0.25) is 5.21 Å². The van der Waals surface area contributed by atoms with Crippen LogP contribution in [0.2, 0.25) is 0 Å². The van der Waals surface area contributed by atoms with Crippen molar-refractivity contribution in [3.05, 3.63) is 58.7 Å². The summed E-state index contributed by atoms with van der Waals surface area (Å²) in [6, 6.07) is 12.3. The summed E-state index contributed by atoms with van der Waals surface area (Å²) in [6.07, 6.45) is 0. The molecule has 2 aromatic rings. The van der Waals surface area contributed by atoms with Crippen molar-refractivity contribution in [1.29, 1.82) is 0 Å². The van der Waals surface area contributed by atoms with Gasteiger partial charge in [0, 0.05) is 5.69 Å². The first-order chi connectivity index (χ1) is 11.5. The van der Waals surface area contributed by atoms with E-state index >= 15 is 0 Å². The second kappa shape index (κ2) is 7.28. The zero-order valence-corrected chi connectivity index (χ0v) is 16.3. The van der Waals surface area contributed by atoms with Crippen molar-refractivity contribution in [3.8, 4) is 0 Å². The first-order valence-electron chi connectivity index (χ1n) is 8.56. The lowest BCUT2D eigenvalue weighted by molar-refractivity contribution is -0.0848. The van der Waals surface area contributed by atoms with Gasteiger partial charge in [-0.2, -0.15) is 0 Å². The van der Waals surface area contributed by atoms with Crippen molar-refractivity contribution < 1.29 is 5.21 Å². The molecule has 0 radical (unpaired) electrons. The standard InChI is InChI=1S/C21H29N3O/c1-14-8-15(2)11-18(10-14)22-20(24(25)21(5,6)7)23-19-12-16(3)9-17(4)13-19/h8-13,25H,1-7H3,(H,22,23). The molecule has 0 spiro atoms. The summed E-state index contributed by atoms with van der Waals surface area (Å²) in [7, 11) is 0. The summed E-state index contributed by atoms with van der Waals surface area (Å²) in [5.41, 5.74) is 5.84. The molecule has 4 nitrogen and oxygen atoms in total. The van der Waals surface area contributed by atoms with Crippen molar-refractivity contribution in [1.82, 2.24) is 5.06 Å². The number of hydroxylamine groups is 2. The number of aliphatic imine (C=N–C) groups is 1. The molecule has 0 saturated heterocycles. The van der Waals surface area contributed by atoms with E-state index in [-0.39, 0.29) is 0 Å². The van der Waals surface area contributed by atoms with E-state index in [1.54, 1.807) is 0 Å². The quantitative estimate of drug-likeness (QED) is 0.431. The molecule has 0 aliphatic rings. The van der Waals surface area contributed by atoms with Crippen LogP contribution in [0.15, 0.2) is 41.4 Å². The minimum absolute atomic E-state index is 0.405. The second-order valence-electron chi connectivity index (χ2n) is 7.77. The van der Waals surface area contributed by atoms with Crippen LogP contribution in [0, 0.1) is 27.7 Å². The number of guanidine groups is 1. The van der Waals surface area contributed by atoms with Crippen LogP contribution in [0.25, 0.3) is 0 Å². The molecule has 0 fully saturated rings. The maximum atomic E-state index is 10.7. The van der Waals surface area contributed by atoms with E-state index in [9.17, 15) is 5.21 Å². The molecule has 134 valence electrons. The van der Waals surface area contributed by atoms with Gasteiger partial charge < -0.3 is 5.32 Å². The number of nitrogens with zero attached hydrogens (tertiary/aromatic N) is 2. The predicted molar refractivity (Wildman–Crippen MR) is 106 cm³/mol. The van der Waals surface area contributed by atoms with Gasteiger partial charge in [0.2, 0.25) is 5.96 Å². The minimum atomic E-state index is -0.483. The molecule has 25 heavy (non-hydrogen) atoms. The summed E-state index contributed by atoms with van der Waals surface area (Å²) in [5, 5.41) is 15.1. The summed E-state index contributed by atoms with van der Waals surface area (Å²) < 4.78 is 0. The largest absolute Gasteiger partial charge is 0.324 e. The Morgan fingerprint density at radius 2 is 1.28 bits per heavy atom. The SMILES string of the molecule is Cc1cc(C)cc(/N=C(/Nc2cc(C)cc(C)c2)N(O)C(C)(C)C)c1. The van der Waals surface area contributed by atoms with Gasteiger partial charge in [0.1, 0.15) is 0 Å². The van der Waals surface area contributed by atoms with Crippen LogP contribution in [0.5, 0.6) is 0 Å². The van der Waals surface area contributed by atoms with Crippen molar-refractivity contribution in [3.63, 3.8) is 0 Å². The van der Waals surface area contributed by atoms with Gasteiger partial charge in [0.25, 0.3) is 0 Å². The van der Waals surface area contributed by atoms with Gasteiger partial charge in [-0.05, 0) is 95.0 Å². The molecule has 2 rings (SSSR count). The van der Waals surface area contributed by atoms with Crippen molar-refractivity contribution >= 4 is 17.3 Å². The van der Waals surface area contributed by atoms with Gasteiger partial charge in [0.15, 0.2) is 0 Å². The van der Waals surface area contributed by atoms with E-state index in [1.807, 2.05) is 58.9 Å². The van der Waals surface area contributed by atoms with Crippen LogP contribution in [-0.2, 0) is 0 Å². The Bertz CT molecular complexity index is 748. The molecular formula is C21H29N3O. The number of anilines is 1. The third kappa shape index (κ3) is 5.33. The third-order valence-corrected chi connectivity index (χ3v) is 3.76. The predicted octanol–water partition coefficient (Wildman–Crippen LogP) is 5.51. The van der Waals surface area contributed by atoms with Crippen LogP contribution in [0.1, 0.15) is 43.0 Å². The number of rotatable bonds is 2.